The van der Waals surface area contributed by atoms with Crippen LogP contribution in [-0.2, 0) is 0 Å². The van der Waals surface area contributed by atoms with E-state index in [1.807, 2.05) is 25.2 Å². The Labute approximate surface area is 118 Å². The number of nitro groups is 1. The predicted molar refractivity (Wildman–Crippen MR) is 80.0 cm³/mol. The number of rotatable bonds is 5. The van der Waals surface area contributed by atoms with E-state index in [0.29, 0.717) is 11.6 Å². The van der Waals surface area contributed by atoms with Crippen LogP contribution in [0, 0.1) is 10.1 Å². The molecule has 20 heavy (non-hydrogen) atoms. The summed E-state index contributed by atoms with van der Waals surface area (Å²) in [6.45, 7) is 4.27. The van der Waals surface area contributed by atoms with Gasteiger partial charge >= 0.3 is 0 Å². The van der Waals surface area contributed by atoms with Crippen molar-refractivity contribution in [2.75, 3.05) is 7.05 Å². The molecular weight excluding hydrogens is 254 g/mol. The number of nitrogens with one attached hydrogen (secondary N) is 1. The van der Waals surface area contributed by atoms with Gasteiger partial charge in [0, 0.05) is 23.7 Å². The molecule has 1 N–H and O–H groups in total. The minimum absolute atomic E-state index is 0.0639. The average molecular weight is 273 g/mol. The fourth-order valence-electron chi connectivity index (χ4n) is 2.75. The van der Waals surface area contributed by atoms with Gasteiger partial charge in [-0.25, -0.2) is 4.98 Å². The van der Waals surface area contributed by atoms with E-state index >= 15 is 0 Å². The lowest BCUT2D eigenvalue weighted by Crippen LogP contribution is -2.30. The summed E-state index contributed by atoms with van der Waals surface area (Å²) < 4.78 is 0. The Hall–Kier alpha value is -2.01. The van der Waals surface area contributed by atoms with Crippen molar-refractivity contribution in [3.63, 3.8) is 0 Å². The Bertz CT molecular complexity index is 624. The predicted octanol–water partition coefficient (Wildman–Crippen LogP) is 3.24. The minimum atomic E-state index is -0.376. The first-order valence-corrected chi connectivity index (χ1v) is 6.79. The second-order valence-electron chi connectivity index (χ2n) is 4.92. The van der Waals surface area contributed by atoms with Crippen LogP contribution in [0.5, 0.6) is 0 Å². The van der Waals surface area contributed by atoms with Crippen molar-refractivity contribution in [2.45, 2.75) is 32.2 Å². The highest BCUT2D eigenvalue weighted by Crippen LogP contribution is 2.32. The zero-order valence-corrected chi connectivity index (χ0v) is 12.0. The van der Waals surface area contributed by atoms with Gasteiger partial charge in [0.2, 0.25) is 0 Å². The van der Waals surface area contributed by atoms with Crippen molar-refractivity contribution in [3.05, 3.63) is 46.1 Å². The van der Waals surface area contributed by atoms with Crippen molar-refractivity contribution in [1.82, 2.24) is 10.3 Å². The number of nitro benzene ring substituents is 1. The Morgan fingerprint density at radius 3 is 2.75 bits per heavy atom. The molecule has 1 aromatic heterocycles. The first-order chi connectivity index (χ1) is 9.60. The van der Waals surface area contributed by atoms with Gasteiger partial charge in [0.25, 0.3) is 5.69 Å². The van der Waals surface area contributed by atoms with Crippen LogP contribution in [-0.4, -0.2) is 23.0 Å². The molecule has 0 saturated carbocycles. The van der Waals surface area contributed by atoms with Gasteiger partial charge in [-0.3, -0.25) is 10.1 Å². The number of fused-ring (bicyclic) bond motifs is 1. The molecule has 0 amide bonds. The van der Waals surface area contributed by atoms with Crippen LogP contribution in [0.4, 0.5) is 5.69 Å². The van der Waals surface area contributed by atoms with E-state index in [-0.39, 0.29) is 16.5 Å². The zero-order chi connectivity index (χ0) is 14.7. The molecule has 2 rings (SSSR count). The van der Waals surface area contributed by atoms with Gasteiger partial charge in [-0.2, -0.15) is 0 Å². The van der Waals surface area contributed by atoms with E-state index in [1.165, 1.54) is 0 Å². The molecule has 0 bridgehead atoms. The lowest BCUT2D eigenvalue weighted by atomic mass is 9.89. The third-order valence-corrected chi connectivity index (χ3v) is 3.88. The Morgan fingerprint density at radius 1 is 1.40 bits per heavy atom. The summed E-state index contributed by atoms with van der Waals surface area (Å²) in [7, 11) is 1.94. The molecule has 5 nitrogen and oxygen atoms in total. The summed E-state index contributed by atoms with van der Waals surface area (Å²) >= 11 is 0. The Kier molecular flexibility index (Phi) is 4.29. The van der Waals surface area contributed by atoms with E-state index in [2.05, 4.69) is 24.1 Å². The van der Waals surface area contributed by atoms with Gasteiger partial charge in [-0.05, 0) is 31.0 Å². The number of non-ortho nitro benzene ring substituents is 1. The molecule has 2 atom stereocenters. The first kappa shape index (κ1) is 14.4. The number of nitrogens with zero attached hydrogens (tertiary/aromatic N) is 2. The highest BCUT2D eigenvalue weighted by atomic mass is 16.6. The molecule has 0 radical (unpaired) electrons. The summed E-state index contributed by atoms with van der Waals surface area (Å²) in [4.78, 5) is 14.9. The molecule has 5 heteroatoms. The number of hydrogen-bond acceptors (Lipinski definition) is 4. The minimum Gasteiger partial charge on any atom is -0.316 e. The van der Waals surface area contributed by atoms with Crippen LogP contribution >= 0.6 is 0 Å². The maximum absolute atomic E-state index is 11.1. The number of hydrogen-bond donors (Lipinski definition) is 1. The smallest absolute Gasteiger partial charge is 0.295 e. The van der Waals surface area contributed by atoms with E-state index < -0.39 is 0 Å². The summed E-state index contributed by atoms with van der Waals surface area (Å²) in [6, 6.07) is 7.47. The van der Waals surface area contributed by atoms with Crippen molar-refractivity contribution < 1.29 is 4.92 Å². The lowest BCUT2D eigenvalue weighted by Gasteiger charge is -2.23. The second-order valence-corrected chi connectivity index (χ2v) is 4.92. The standard InChI is InChI=1S/C15H19N3O2/c1-4-13(16-3)10(2)11-7-8-14(18(19)20)15-12(11)6-5-9-17-15/h5-10,13,16H,4H2,1-3H3. The molecule has 0 aliphatic carbocycles. The quantitative estimate of drug-likeness (QED) is 0.670. The molecule has 0 spiro atoms. The van der Waals surface area contributed by atoms with Crippen molar-refractivity contribution in [3.8, 4) is 0 Å². The van der Waals surface area contributed by atoms with Crippen molar-refractivity contribution in [2.24, 2.45) is 0 Å². The number of likely N-dealkylation sites (N-methyl/N-ethyl adjacent to an activating group) is 1. The normalized spacial score (nSPS) is 14.2. The first-order valence-electron chi connectivity index (χ1n) is 6.79. The molecule has 1 aromatic carbocycles. The molecule has 0 aliphatic heterocycles. The highest BCUT2D eigenvalue weighted by Gasteiger charge is 2.21. The fraction of sp³-hybridized carbons (Fsp3) is 0.400. The van der Waals surface area contributed by atoms with Gasteiger partial charge < -0.3 is 5.32 Å². The van der Waals surface area contributed by atoms with Crippen molar-refractivity contribution >= 4 is 16.6 Å². The molecule has 0 saturated heterocycles. The van der Waals surface area contributed by atoms with Gasteiger partial charge in [-0.1, -0.05) is 26.0 Å². The molecule has 0 aliphatic rings. The summed E-state index contributed by atoms with van der Waals surface area (Å²) in [5.41, 5.74) is 1.63. The fourth-order valence-corrected chi connectivity index (χ4v) is 2.75. The number of benzene rings is 1. The average Bonchev–Trinajstić information content (AvgIpc) is 2.47. The molecule has 106 valence electrons. The van der Waals surface area contributed by atoms with Gasteiger partial charge in [0.15, 0.2) is 0 Å². The topological polar surface area (TPSA) is 68.1 Å². The monoisotopic (exact) mass is 273 g/mol. The van der Waals surface area contributed by atoms with Crippen LogP contribution in [0.1, 0.15) is 31.7 Å². The second kappa shape index (κ2) is 5.96. The molecule has 2 unspecified atom stereocenters. The van der Waals surface area contributed by atoms with Gasteiger partial charge in [-0.15, -0.1) is 0 Å². The van der Waals surface area contributed by atoms with Crippen LogP contribution in [0.3, 0.4) is 0 Å². The maximum Gasteiger partial charge on any atom is 0.295 e. The third-order valence-electron chi connectivity index (χ3n) is 3.88. The third kappa shape index (κ3) is 2.49. The van der Waals surface area contributed by atoms with Gasteiger partial charge in [0.05, 0.1) is 4.92 Å². The van der Waals surface area contributed by atoms with Crippen LogP contribution in [0.15, 0.2) is 30.5 Å². The SMILES string of the molecule is CCC(NC)C(C)c1ccc([N+](=O)[O-])c2ncccc12. The highest BCUT2D eigenvalue weighted by molar-refractivity contribution is 5.90. The van der Waals surface area contributed by atoms with Crippen LogP contribution in [0.2, 0.25) is 0 Å². The number of pyridine rings is 1. The van der Waals surface area contributed by atoms with E-state index in [9.17, 15) is 10.1 Å². The Morgan fingerprint density at radius 2 is 2.15 bits per heavy atom. The van der Waals surface area contributed by atoms with Crippen LogP contribution in [0.25, 0.3) is 10.9 Å². The Balaban J connectivity index is 2.61. The maximum atomic E-state index is 11.1. The molecule has 0 fully saturated rings. The lowest BCUT2D eigenvalue weighted by molar-refractivity contribution is -0.383. The van der Waals surface area contributed by atoms with Crippen molar-refractivity contribution in [1.29, 1.82) is 0 Å². The number of aromatic nitrogens is 1. The van der Waals surface area contributed by atoms with Gasteiger partial charge in [0.1, 0.15) is 5.52 Å². The molecule has 2 aromatic rings. The van der Waals surface area contributed by atoms with Crippen LogP contribution < -0.4 is 5.32 Å². The molecular formula is C15H19N3O2. The molecule has 1 heterocycles. The summed E-state index contributed by atoms with van der Waals surface area (Å²) in [5.74, 6) is 0.262. The van der Waals surface area contributed by atoms with E-state index in [0.717, 1.165) is 17.4 Å². The van der Waals surface area contributed by atoms with E-state index in [1.54, 1.807) is 12.3 Å². The zero-order valence-electron chi connectivity index (χ0n) is 12.0. The summed E-state index contributed by atoms with van der Waals surface area (Å²) in [6.07, 6.45) is 2.59. The largest absolute Gasteiger partial charge is 0.316 e. The summed E-state index contributed by atoms with van der Waals surface area (Å²) in [5, 5.41) is 15.3. The van der Waals surface area contributed by atoms with E-state index in [4.69, 9.17) is 0 Å².